The van der Waals surface area contributed by atoms with Crippen LogP contribution < -0.4 is 15.1 Å². The summed E-state index contributed by atoms with van der Waals surface area (Å²) in [6, 6.07) is 10.4. The Morgan fingerprint density at radius 2 is 1.60 bits per heavy atom. The fraction of sp³-hybridized carbons (Fsp3) is 0.421. The van der Waals surface area contributed by atoms with Gasteiger partial charge in [-0.15, -0.1) is 0 Å². The minimum Gasteiger partial charge on any atom is -0.368 e. The molecule has 0 atom stereocenters. The molecule has 132 valence electrons. The van der Waals surface area contributed by atoms with Crippen molar-refractivity contribution >= 4 is 17.4 Å². The van der Waals surface area contributed by atoms with Crippen LogP contribution in [0.25, 0.3) is 0 Å². The Morgan fingerprint density at radius 3 is 2.16 bits per heavy atom. The van der Waals surface area contributed by atoms with Gasteiger partial charge in [0.15, 0.2) is 0 Å². The molecule has 6 heteroatoms. The van der Waals surface area contributed by atoms with Crippen molar-refractivity contribution in [2.75, 3.05) is 36.0 Å². The molecule has 25 heavy (non-hydrogen) atoms. The predicted octanol–water partition coefficient (Wildman–Crippen LogP) is 2.33. The van der Waals surface area contributed by atoms with Gasteiger partial charge in [0.05, 0.1) is 12.4 Å². The number of rotatable bonds is 3. The zero-order chi connectivity index (χ0) is 17.9. The van der Waals surface area contributed by atoms with Crippen molar-refractivity contribution in [3.63, 3.8) is 0 Å². The fourth-order valence-electron chi connectivity index (χ4n) is 2.84. The molecule has 1 aliphatic rings. The summed E-state index contributed by atoms with van der Waals surface area (Å²) >= 11 is 0. The summed E-state index contributed by atoms with van der Waals surface area (Å²) in [5, 5.41) is 2.90. The number of anilines is 2. The smallest absolute Gasteiger partial charge is 0.271 e. The fourth-order valence-corrected chi connectivity index (χ4v) is 2.84. The van der Waals surface area contributed by atoms with Crippen LogP contribution in [0.3, 0.4) is 0 Å². The lowest BCUT2D eigenvalue weighted by Crippen LogP contribution is -2.47. The largest absolute Gasteiger partial charge is 0.368 e. The van der Waals surface area contributed by atoms with E-state index in [2.05, 4.69) is 49.4 Å². The Morgan fingerprint density at radius 1 is 0.960 bits per heavy atom. The molecule has 0 spiro atoms. The molecule has 1 fully saturated rings. The molecule has 2 aromatic rings. The van der Waals surface area contributed by atoms with Crippen molar-refractivity contribution < 1.29 is 4.79 Å². The van der Waals surface area contributed by atoms with Crippen LogP contribution in [0.1, 0.15) is 31.3 Å². The van der Waals surface area contributed by atoms with Crippen LogP contribution in [-0.4, -0.2) is 47.6 Å². The molecular formula is C19H25N5O. The van der Waals surface area contributed by atoms with Crippen LogP contribution in [0.15, 0.2) is 42.7 Å². The Hall–Kier alpha value is -2.63. The van der Waals surface area contributed by atoms with Crippen molar-refractivity contribution in [3.8, 4) is 0 Å². The second-order valence-corrected chi connectivity index (χ2v) is 7.27. The highest BCUT2D eigenvalue weighted by atomic mass is 16.2. The Bertz CT molecular complexity index is 701. The molecule has 0 radical (unpaired) electrons. The summed E-state index contributed by atoms with van der Waals surface area (Å²) in [4.78, 5) is 25.4. The molecule has 0 bridgehead atoms. The second kappa shape index (κ2) is 7.09. The quantitative estimate of drug-likeness (QED) is 0.930. The topological polar surface area (TPSA) is 61.4 Å². The first-order chi connectivity index (χ1) is 11.9. The van der Waals surface area contributed by atoms with Crippen LogP contribution in [0.2, 0.25) is 0 Å². The van der Waals surface area contributed by atoms with E-state index in [9.17, 15) is 4.79 Å². The lowest BCUT2D eigenvalue weighted by atomic mass is 10.1. The summed E-state index contributed by atoms with van der Waals surface area (Å²) in [6.45, 7) is 9.49. The average molecular weight is 339 g/mol. The molecule has 0 unspecified atom stereocenters. The number of hydrogen-bond acceptors (Lipinski definition) is 5. The first kappa shape index (κ1) is 17.2. The molecule has 1 aromatic heterocycles. The molecule has 3 rings (SSSR count). The minimum atomic E-state index is -0.287. The van der Waals surface area contributed by atoms with Gasteiger partial charge in [0, 0.05) is 37.4 Å². The highest BCUT2D eigenvalue weighted by Gasteiger charge is 2.20. The molecular weight excluding hydrogens is 314 g/mol. The number of amides is 1. The first-order valence-corrected chi connectivity index (χ1v) is 8.62. The third-order valence-electron chi connectivity index (χ3n) is 4.08. The predicted molar refractivity (Wildman–Crippen MR) is 100 cm³/mol. The van der Waals surface area contributed by atoms with Crippen LogP contribution >= 0.6 is 0 Å². The number of para-hydroxylation sites is 1. The summed E-state index contributed by atoms with van der Waals surface area (Å²) in [5.41, 5.74) is 1.31. The van der Waals surface area contributed by atoms with E-state index in [0.29, 0.717) is 5.69 Å². The van der Waals surface area contributed by atoms with E-state index in [0.717, 1.165) is 32.0 Å². The van der Waals surface area contributed by atoms with Gasteiger partial charge >= 0.3 is 0 Å². The maximum absolute atomic E-state index is 12.1. The maximum Gasteiger partial charge on any atom is 0.271 e. The SMILES string of the molecule is CC(C)(C)NC(=O)c1cnc(N2CCN(c3ccccc3)CC2)cn1. The van der Waals surface area contributed by atoms with Crippen LogP contribution in [0.4, 0.5) is 11.5 Å². The number of benzene rings is 1. The zero-order valence-electron chi connectivity index (χ0n) is 15.1. The molecule has 1 saturated heterocycles. The van der Waals surface area contributed by atoms with Gasteiger partial charge in [-0.3, -0.25) is 4.79 Å². The third kappa shape index (κ3) is 4.47. The lowest BCUT2D eigenvalue weighted by molar-refractivity contribution is 0.0914. The van der Waals surface area contributed by atoms with Gasteiger partial charge in [-0.2, -0.15) is 0 Å². The molecule has 2 heterocycles. The van der Waals surface area contributed by atoms with E-state index in [1.807, 2.05) is 26.8 Å². The van der Waals surface area contributed by atoms with Gasteiger partial charge in [0.25, 0.3) is 5.91 Å². The number of aromatic nitrogens is 2. The standard InChI is InChI=1S/C19H25N5O/c1-19(2,3)22-18(25)16-13-21-17(14-20-16)24-11-9-23(10-12-24)15-7-5-4-6-8-15/h4-8,13-14H,9-12H2,1-3H3,(H,22,25). The Balaban J connectivity index is 1.60. The van der Waals surface area contributed by atoms with E-state index in [1.54, 1.807) is 12.4 Å². The Kier molecular flexibility index (Phi) is 4.88. The van der Waals surface area contributed by atoms with E-state index >= 15 is 0 Å². The highest BCUT2D eigenvalue weighted by molar-refractivity contribution is 5.92. The van der Waals surface area contributed by atoms with E-state index in [-0.39, 0.29) is 11.4 Å². The van der Waals surface area contributed by atoms with E-state index < -0.39 is 0 Å². The van der Waals surface area contributed by atoms with E-state index in [4.69, 9.17) is 0 Å². The summed E-state index contributed by atoms with van der Waals surface area (Å²) < 4.78 is 0. The number of carbonyl (C=O) groups is 1. The monoisotopic (exact) mass is 339 g/mol. The van der Waals surface area contributed by atoms with Gasteiger partial charge in [-0.05, 0) is 32.9 Å². The Labute approximate surface area is 148 Å². The molecule has 1 aromatic carbocycles. The van der Waals surface area contributed by atoms with Gasteiger partial charge in [-0.1, -0.05) is 18.2 Å². The van der Waals surface area contributed by atoms with Gasteiger partial charge in [0.1, 0.15) is 11.5 Å². The van der Waals surface area contributed by atoms with Crippen LogP contribution in [0.5, 0.6) is 0 Å². The van der Waals surface area contributed by atoms with Crippen molar-refractivity contribution in [2.45, 2.75) is 26.3 Å². The number of piperazine rings is 1. The minimum absolute atomic E-state index is 0.194. The zero-order valence-corrected chi connectivity index (χ0v) is 15.1. The third-order valence-corrected chi connectivity index (χ3v) is 4.08. The molecule has 6 nitrogen and oxygen atoms in total. The average Bonchev–Trinajstić information content (AvgIpc) is 2.61. The molecule has 0 aliphatic carbocycles. The number of nitrogens with zero attached hydrogens (tertiary/aromatic N) is 4. The lowest BCUT2D eigenvalue weighted by Gasteiger charge is -2.36. The number of carbonyl (C=O) groups excluding carboxylic acids is 1. The summed E-state index contributed by atoms with van der Waals surface area (Å²) in [7, 11) is 0. The van der Waals surface area contributed by atoms with Crippen molar-refractivity contribution in [2.24, 2.45) is 0 Å². The number of hydrogen-bond donors (Lipinski definition) is 1. The first-order valence-electron chi connectivity index (χ1n) is 8.62. The molecule has 0 saturated carbocycles. The van der Waals surface area contributed by atoms with Crippen molar-refractivity contribution in [3.05, 3.63) is 48.4 Å². The molecule has 1 N–H and O–H groups in total. The normalized spacial score (nSPS) is 15.2. The van der Waals surface area contributed by atoms with E-state index in [1.165, 1.54) is 5.69 Å². The van der Waals surface area contributed by atoms with Gasteiger partial charge < -0.3 is 15.1 Å². The summed E-state index contributed by atoms with van der Waals surface area (Å²) in [6.07, 6.45) is 3.25. The van der Waals surface area contributed by atoms with Gasteiger partial charge in [-0.25, -0.2) is 9.97 Å². The highest BCUT2D eigenvalue weighted by Crippen LogP contribution is 2.18. The summed E-state index contributed by atoms with van der Waals surface area (Å²) in [5.74, 6) is 0.625. The molecule has 1 aliphatic heterocycles. The van der Waals surface area contributed by atoms with Crippen LogP contribution in [-0.2, 0) is 0 Å². The van der Waals surface area contributed by atoms with Gasteiger partial charge in [0.2, 0.25) is 0 Å². The van der Waals surface area contributed by atoms with Crippen LogP contribution in [0, 0.1) is 0 Å². The van der Waals surface area contributed by atoms with Crippen molar-refractivity contribution in [1.29, 1.82) is 0 Å². The number of nitrogens with one attached hydrogen (secondary N) is 1. The van der Waals surface area contributed by atoms with Crippen molar-refractivity contribution in [1.82, 2.24) is 15.3 Å². The molecule has 1 amide bonds. The maximum atomic E-state index is 12.1. The second-order valence-electron chi connectivity index (χ2n) is 7.27.